The van der Waals surface area contributed by atoms with Gasteiger partial charge in [0.2, 0.25) is 0 Å². The van der Waals surface area contributed by atoms with E-state index >= 15 is 0 Å². The maximum absolute atomic E-state index is 13.0. The molecule has 4 rings (SSSR count). The van der Waals surface area contributed by atoms with E-state index in [1.807, 2.05) is 0 Å². The van der Waals surface area contributed by atoms with Gasteiger partial charge in [0.1, 0.15) is 17.9 Å². The van der Waals surface area contributed by atoms with E-state index in [0.717, 1.165) is 0 Å². The quantitative estimate of drug-likeness (QED) is 0.510. The average molecular weight is 350 g/mol. The SMILES string of the molecule is [2H]c1nc(CC(=O)c2cc(Oc3cnc(C)nc3)cn3cnnc23)c([2H])c([2H])c1[2H]. The summed E-state index contributed by atoms with van der Waals surface area (Å²) < 4.78 is 38.2. The number of aromatic nitrogens is 6. The molecule has 0 aromatic carbocycles. The molecular formula is C18H14N6O2. The van der Waals surface area contributed by atoms with Crippen LogP contribution in [0, 0.1) is 6.92 Å². The Balaban J connectivity index is 1.70. The average Bonchev–Trinajstić information content (AvgIpc) is 3.20. The predicted octanol–water partition coefficient (Wildman–Crippen LogP) is 2.44. The van der Waals surface area contributed by atoms with Crippen LogP contribution in [0.3, 0.4) is 0 Å². The molecule has 8 heteroatoms. The smallest absolute Gasteiger partial charge is 0.172 e. The molecule has 0 atom stereocenters. The van der Waals surface area contributed by atoms with Crippen molar-refractivity contribution in [2.45, 2.75) is 13.3 Å². The van der Waals surface area contributed by atoms with E-state index in [1.165, 1.54) is 29.2 Å². The van der Waals surface area contributed by atoms with Crippen LogP contribution in [0.1, 0.15) is 27.4 Å². The van der Waals surface area contributed by atoms with Crippen molar-refractivity contribution in [2.75, 3.05) is 0 Å². The fraction of sp³-hybridized carbons (Fsp3) is 0.111. The van der Waals surface area contributed by atoms with Gasteiger partial charge in [0, 0.05) is 11.9 Å². The number of ketones is 1. The van der Waals surface area contributed by atoms with Crippen molar-refractivity contribution in [3.63, 3.8) is 0 Å². The molecule has 0 N–H and O–H groups in total. The minimum atomic E-state index is -0.456. The van der Waals surface area contributed by atoms with Crippen molar-refractivity contribution >= 4 is 11.4 Å². The van der Waals surface area contributed by atoms with Crippen LogP contribution in [0.15, 0.2) is 55.3 Å². The van der Waals surface area contributed by atoms with E-state index in [9.17, 15) is 4.79 Å². The molecule has 0 aliphatic carbocycles. The third-order valence-electron chi connectivity index (χ3n) is 3.50. The molecule has 4 aromatic heterocycles. The third kappa shape index (κ3) is 3.25. The molecule has 4 heterocycles. The molecule has 0 aliphatic heterocycles. The summed E-state index contributed by atoms with van der Waals surface area (Å²) in [6.07, 6.45) is 5.23. The molecule has 26 heavy (non-hydrogen) atoms. The second-order valence-electron chi connectivity index (χ2n) is 5.36. The first-order valence-corrected chi connectivity index (χ1v) is 7.60. The highest BCUT2D eigenvalue weighted by Gasteiger charge is 2.16. The molecule has 0 saturated heterocycles. The van der Waals surface area contributed by atoms with E-state index < -0.39 is 24.0 Å². The van der Waals surface area contributed by atoms with Gasteiger partial charge in [-0.1, -0.05) is 6.04 Å². The summed E-state index contributed by atoms with van der Waals surface area (Å²) in [6.45, 7) is 1.75. The van der Waals surface area contributed by atoms with Crippen LogP contribution < -0.4 is 4.74 Å². The van der Waals surface area contributed by atoms with Crippen molar-refractivity contribution in [1.29, 1.82) is 0 Å². The summed E-state index contributed by atoms with van der Waals surface area (Å²) in [5.41, 5.74) is 0.405. The van der Waals surface area contributed by atoms with E-state index in [1.54, 1.807) is 13.1 Å². The van der Waals surface area contributed by atoms with Crippen LogP contribution in [0.25, 0.3) is 5.65 Å². The van der Waals surface area contributed by atoms with Crippen LogP contribution in [0.2, 0.25) is 0 Å². The Morgan fingerprint density at radius 1 is 1.23 bits per heavy atom. The summed E-state index contributed by atoms with van der Waals surface area (Å²) in [6, 6.07) is 0.234. The molecule has 0 amide bonds. The van der Waals surface area contributed by atoms with Gasteiger partial charge in [-0.3, -0.25) is 14.2 Å². The molecule has 0 bridgehead atoms. The van der Waals surface area contributed by atoms with Gasteiger partial charge in [-0.05, 0) is 25.1 Å². The van der Waals surface area contributed by atoms with Gasteiger partial charge < -0.3 is 4.74 Å². The molecule has 0 radical (unpaired) electrons. The number of carbonyl (C=O) groups excluding carboxylic acids is 1. The summed E-state index contributed by atoms with van der Waals surface area (Å²) in [7, 11) is 0. The molecule has 0 fully saturated rings. The maximum atomic E-state index is 13.0. The van der Waals surface area contributed by atoms with Crippen molar-refractivity contribution in [3.8, 4) is 11.5 Å². The molecule has 128 valence electrons. The lowest BCUT2D eigenvalue weighted by molar-refractivity contribution is 0.0992. The lowest BCUT2D eigenvalue weighted by Gasteiger charge is -2.08. The number of ether oxygens (including phenoxy) is 1. The molecule has 0 unspecified atom stereocenters. The Hall–Kier alpha value is -3.68. The second-order valence-corrected chi connectivity index (χ2v) is 5.36. The van der Waals surface area contributed by atoms with Gasteiger partial charge in [-0.25, -0.2) is 9.97 Å². The van der Waals surface area contributed by atoms with Crippen LogP contribution in [-0.4, -0.2) is 35.3 Å². The minimum Gasteiger partial charge on any atom is -0.453 e. The highest BCUT2D eigenvalue weighted by molar-refractivity contribution is 6.02. The van der Waals surface area contributed by atoms with Crippen LogP contribution >= 0.6 is 0 Å². The highest BCUT2D eigenvalue weighted by atomic mass is 16.5. The van der Waals surface area contributed by atoms with E-state index in [-0.39, 0.29) is 29.4 Å². The minimum absolute atomic E-state index is 0.0538. The number of hydrogen-bond acceptors (Lipinski definition) is 7. The van der Waals surface area contributed by atoms with Crippen molar-refractivity contribution in [3.05, 3.63) is 72.4 Å². The summed E-state index contributed by atoms with van der Waals surface area (Å²) in [5.74, 6) is 0.842. The monoisotopic (exact) mass is 350 g/mol. The molecule has 8 nitrogen and oxygen atoms in total. The predicted molar refractivity (Wildman–Crippen MR) is 92.1 cm³/mol. The molecular weight excluding hydrogens is 332 g/mol. The molecule has 0 saturated carbocycles. The normalized spacial score (nSPS) is 13.0. The van der Waals surface area contributed by atoms with Crippen molar-refractivity contribution in [2.24, 2.45) is 0 Å². The topological polar surface area (TPSA) is 95.2 Å². The molecule has 0 spiro atoms. The van der Waals surface area contributed by atoms with Crippen molar-refractivity contribution < 1.29 is 15.0 Å². The number of fused-ring (bicyclic) bond motifs is 1. The third-order valence-corrected chi connectivity index (χ3v) is 3.50. The largest absolute Gasteiger partial charge is 0.453 e. The first kappa shape index (κ1) is 11.8. The first-order chi connectivity index (χ1) is 14.3. The molecule has 0 aliphatic rings. The van der Waals surface area contributed by atoms with Gasteiger partial charge in [-0.15, -0.1) is 10.2 Å². The standard InChI is InChI=1S/C18H14N6O2/c1-12-20-8-15(9-21-12)26-14-7-16(18-23-22-11-24(18)10-14)17(25)6-13-4-2-3-5-19-13/h2-5,7-11H,6H2,1H3/i2D,3D,4D,5D. The summed E-state index contributed by atoms with van der Waals surface area (Å²) in [4.78, 5) is 24.9. The van der Waals surface area contributed by atoms with Gasteiger partial charge in [-0.2, -0.15) is 0 Å². The molecule has 4 aromatic rings. The van der Waals surface area contributed by atoms with E-state index in [4.69, 9.17) is 10.2 Å². The van der Waals surface area contributed by atoms with Gasteiger partial charge in [0.05, 0.1) is 36.1 Å². The van der Waals surface area contributed by atoms with E-state index in [2.05, 4.69) is 25.1 Å². The number of aryl methyl sites for hydroxylation is 1. The second kappa shape index (κ2) is 6.67. The lowest BCUT2D eigenvalue weighted by Crippen LogP contribution is -2.08. The first-order valence-electron chi connectivity index (χ1n) is 9.60. The number of nitrogens with zero attached hydrogens (tertiary/aromatic N) is 6. The lowest BCUT2D eigenvalue weighted by atomic mass is 10.1. The fourth-order valence-corrected chi connectivity index (χ4v) is 2.33. The zero-order chi connectivity index (χ0) is 21.4. The Bertz CT molecular complexity index is 1280. The van der Waals surface area contributed by atoms with Crippen LogP contribution in [-0.2, 0) is 6.42 Å². The summed E-state index contributed by atoms with van der Waals surface area (Å²) in [5, 5.41) is 7.76. The van der Waals surface area contributed by atoms with Gasteiger partial charge >= 0.3 is 0 Å². The zero-order valence-electron chi connectivity index (χ0n) is 17.6. The fourth-order valence-electron chi connectivity index (χ4n) is 2.33. The number of Topliss-reactive ketones (excluding diaryl/α,β-unsaturated/α-hetero) is 1. The Kier molecular flexibility index (Phi) is 3.03. The number of hydrogen-bond donors (Lipinski definition) is 0. The Morgan fingerprint density at radius 2 is 2.08 bits per heavy atom. The van der Waals surface area contributed by atoms with Crippen LogP contribution in [0.5, 0.6) is 11.5 Å². The number of pyridine rings is 2. The number of carbonyl (C=O) groups is 1. The number of rotatable bonds is 5. The van der Waals surface area contributed by atoms with E-state index in [0.29, 0.717) is 17.3 Å². The van der Waals surface area contributed by atoms with Gasteiger partial charge in [0.25, 0.3) is 0 Å². The van der Waals surface area contributed by atoms with Crippen molar-refractivity contribution in [1.82, 2.24) is 29.5 Å². The maximum Gasteiger partial charge on any atom is 0.172 e. The zero-order valence-corrected chi connectivity index (χ0v) is 13.6. The van der Waals surface area contributed by atoms with Gasteiger partial charge in [0.15, 0.2) is 17.2 Å². The highest BCUT2D eigenvalue weighted by Crippen LogP contribution is 2.24. The Labute approximate surface area is 154 Å². The van der Waals surface area contributed by atoms with Crippen LogP contribution in [0.4, 0.5) is 0 Å². The Morgan fingerprint density at radius 3 is 2.92 bits per heavy atom. The summed E-state index contributed by atoms with van der Waals surface area (Å²) >= 11 is 0.